The van der Waals surface area contributed by atoms with E-state index in [1.54, 1.807) is 6.07 Å². The largest absolute Gasteiger partial charge is 0.283 e. The minimum atomic E-state index is -2.97. The highest BCUT2D eigenvalue weighted by Crippen LogP contribution is 2.30. The van der Waals surface area contributed by atoms with E-state index in [0.29, 0.717) is 0 Å². The molecule has 0 radical (unpaired) electrons. The summed E-state index contributed by atoms with van der Waals surface area (Å²) in [4.78, 5) is 10.0. The van der Waals surface area contributed by atoms with Gasteiger partial charge in [0.2, 0.25) is 0 Å². The van der Waals surface area contributed by atoms with Gasteiger partial charge < -0.3 is 0 Å². The molecule has 1 aromatic carbocycles. The van der Waals surface area contributed by atoms with E-state index < -0.39 is 22.6 Å². The summed E-state index contributed by atoms with van der Waals surface area (Å²) in [7, 11) is 0. The molecule has 20 heavy (non-hydrogen) atoms. The molecule has 0 aliphatic rings. The molecule has 9 heteroatoms. The van der Waals surface area contributed by atoms with Crippen molar-refractivity contribution in [2.45, 2.75) is 6.43 Å². The van der Waals surface area contributed by atoms with E-state index in [2.05, 4.69) is 5.10 Å². The van der Waals surface area contributed by atoms with Gasteiger partial charge in [0.25, 0.3) is 12.1 Å². The van der Waals surface area contributed by atoms with Crippen LogP contribution in [0.3, 0.4) is 0 Å². The first kappa shape index (κ1) is 13.9. The Morgan fingerprint density at radius 1 is 1.50 bits per heavy atom. The summed E-state index contributed by atoms with van der Waals surface area (Å²) >= 11 is 5.81. The van der Waals surface area contributed by atoms with Crippen molar-refractivity contribution in [3.05, 3.63) is 50.8 Å². The topological polar surface area (TPSA) is 84.8 Å². The molecule has 6 nitrogen and oxygen atoms in total. The number of nitro benzene ring substituents is 1. The molecule has 1 aromatic heterocycles. The highest BCUT2D eigenvalue weighted by Gasteiger charge is 2.24. The summed E-state index contributed by atoms with van der Waals surface area (Å²) in [6, 6.07) is 6.67. The van der Waals surface area contributed by atoms with Gasteiger partial charge in [-0.15, -0.1) is 0 Å². The Bertz CT molecular complexity index is 724. The lowest BCUT2D eigenvalue weighted by Gasteiger charge is -2.02. The smallest absolute Gasteiger partial charge is 0.258 e. The van der Waals surface area contributed by atoms with Crippen LogP contribution in [0.5, 0.6) is 0 Å². The van der Waals surface area contributed by atoms with Crippen LogP contribution in [-0.4, -0.2) is 14.7 Å². The van der Waals surface area contributed by atoms with Gasteiger partial charge in [-0.05, 0) is 6.07 Å². The first-order chi connectivity index (χ1) is 9.45. The monoisotopic (exact) mass is 298 g/mol. The maximum absolute atomic E-state index is 12.7. The molecule has 0 saturated heterocycles. The molecule has 0 unspecified atom stereocenters. The van der Waals surface area contributed by atoms with Crippen LogP contribution in [0.2, 0.25) is 5.15 Å². The first-order valence-electron chi connectivity index (χ1n) is 5.17. The van der Waals surface area contributed by atoms with E-state index in [1.807, 2.05) is 0 Å². The molecule has 2 aromatic rings. The fourth-order valence-electron chi connectivity index (χ4n) is 1.58. The second-order valence-electron chi connectivity index (χ2n) is 3.65. The number of rotatable bonds is 3. The van der Waals surface area contributed by atoms with Crippen LogP contribution < -0.4 is 0 Å². The van der Waals surface area contributed by atoms with Crippen molar-refractivity contribution in [1.82, 2.24) is 9.78 Å². The normalized spacial score (nSPS) is 10.6. The van der Waals surface area contributed by atoms with E-state index in [1.165, 1.54) is 18.2 Å². The summed E-state index contributed by atoms with van der Waals surface area (Å²) in [5, 5.41) is 22.7. The molecule has 0 bridgehead atoms. The Balaban J connectivity index is 2.62. The maximum Gasteiger partial charge on any atom is 0.283 e. The molecule has 0 spiro atoms. The van der Waals surface area contributed by atoms with Gasteiger partial charge in [-0.25, -0.2) is 13.5 Å². The average Bonchev–Trinajstić information content (AvgIpc) is 2.76. The van der Waals surface area contributed by atoms with Gasteiger partial charge in [0.05, 0.1) is 10.6 Å². The van der Waals surface area contributed by atoms with Crippen molar-refractivity contribution in [3.8, 4) is 11.8 Å². The minimum absolute atomic E-state index is 0.118. The highest BCUT2D eigenvalue weighted by atomic mass is 35.5. The lowest BCUT2D eigenvalue weighted by Crippen LogP contribution is -1.99. The van der Waals surface area contributed by atoms with Gasteiger partial charge in [-0.3, -0.25) is 10.1 Å². The molecule has 0 saturated carbocycles. The summed E-state index contributed by atoms with van der Waals surface area (Å²) in [5.74, 6) is 0. The number of nitriles is 1. The number of nitrogens with zero attached hydrogens (tertiary/aromatic N) is 4. The van der Waals surface area contributed by atoms with E-state index in [-0.39, 0.29) is 16.5 Å². The Labute approximate surface area is 116 Å². The minimum Gasteiger partial charge on any atom is -0.258 e. The summed E-state index contributed by atoms with van der Waals surface area (Å²) in [6.45, 7) is 0. The molecule has 2 rings (SSSR count). The van der Waals surface area contributed by atoms with Gasteiger partial charge in [-0.2, -0.15) is 10.4 Å². The van der Waals surface area contributed by atoms with Gasteiger partial charge in [0.1, 0.15) is 17.3 Å². The average molecular weight is 299 g/mol. The molecular formula is C11H5ClF2N4O2. The van der Waals surface area contributed by atoms with Crippen LogP contribution in [0.1, 0.15) is 17.7 Å². The molecule has 0 N–H and O–H groups in total. The van der Waals surface area contributed by atoms with Gasteiger partial charge in [0.15, 0.2) is 5.15 Å². The SMILES string of the molecule is N#Cc1c(C(F)F)nn(-c2cccc([N+](=O)[O-])c2)c1Cl. The fraction of sp³-hybridized carbons (Fsp3) is 0.0909. The number of hydrogen-bond donors (Lipinski definition) is 0. The van der Waals surface area contributed by atoms with Crippen LogP contribution >= 0.6 is 11.6 Å². The highest BCUT2D eigenvalue weighted by molar-refractivity contribution is 6.31. The molecule has 0 amide bonds. The molecule has 0 atom stereocenters. The van der Waals surface area contributed by atoms with Gasteiger partial charge in [0, 0.05) is 12.1 Å². The van der Waals surface area contributed by atoms with Crippen molar-refractivity contribution in [1.29, 1.82) is 5.26 Å². The number of benzene rings is 1. The first-order valence-corrected chi connectivity index (χ1v) is 5.55. The Morgan fingerprint density at radius 2 is 2.20 bits per heavy atom. The summed E-state index contributed by atoms with van der Waals surface area (Å²) in [5.41, 5.74) is -1.34. The summed E-state index contributed by atoms with van der Waals surface area (Å²) in [6.07, 6.45) is -2.97. The van der Waals surface area contributed by atoms with Crippen molar-refractivity contribution in [2.24, 2.45) is 0 Å². The Morgan fingerprint density at radius 3 is 2.70 bits per heavy atom. The zero-order chi connectivity index (χ0) is 14.9. The number of non-ortho nitro benzene ring substituents is 1. The number of alkyl halides is 2. The number of hydrogen-bond acceptors (Lipinski definition) is 4. The van der Waals surface area contributed by atoms with Crippen LogP contribution in [-0.2, 0) is 0 Å². The second kappa shape index (κ2) is 5.22. The van der Waals surface area contributed by atoms with E-state index in [9.17, 15) is 18.9 Å². The standard InChI is InChI=1S/C11H5ClF2N4O2/c12-10-8(5-15)9(11(13)14)16-17(10)6-2-1-3-7(4-6)18(19)20/h1-4,11H. The van der Waals surface area contributed by atoms with Crippen molar-refractivity contribution < 1.29 is 13.7 Å². The maximum atomic E-state index is 12.7. The number of nitro groups is 1. The molecule has 102 valence electrons. The predicted molar refractivity (Wildman–Crippen MR) is 64.9 cm³/mol. The third-order valence-electron chi connectivity index (χ3n) is 2.46. The quantitative estimate of drug-likeness (QED) is 0.643. The Hall–Kier alpha value is -2.53. The zero-order valence-corrected chi connectivity index (χ0v) is 10.4. The zero-order valence-electron chi connectivity index (χ0n) is 9.63. The van der Waals surface area contributed by atoms with Crippen LogP contribution in [0, 0.1) is 21.4 Å². The van der Waals surface area contributed by atoms with E-state index in [4.69, 9.17) is 16.9 Å². The fourth-order valence-corrected chi connectivity index (χ4v) is 1.85. The number of halogens is 3. The van der Waals surface area contributed by atoms with Gasteiger partial charge >= 0.3 is 0 Å². The van der Waals surface area contributed by atoms with Crippen LogP contribution in [0.25, 0.3) is 5.69 Å². The second-order valence-corrected chi connectivity index (χ2v) is 4.01. The molecule has 0 aliphatic heterocycles. The predicted octanol–water partition coefficient (Wildman–Crippen LogP) is 3.24. The Kier molecular flexibility index (Phi) is 3.63. The van der Waals surface area contributed by atoms with Crippen LogP contribution in [0.15, 0.2) is 24.3 Å². The lowest BCUT2D eigenvalue weighted by atomic mass is 10.2. The van der Waals surface area contributed by atoms with E-state index >= 15 is 0 Å². The van der Waals surface area contributed by atoms with Crippen molar-refractivity contribution >= 4 is 17.3 Å². The van der Waals surface area contributed by atoms with Crippen molar-refractivity contribution in [2.75, 3.05) is 0 Å². The molecule has 1 heterocycles. The molecular weight excluding hydrogens is 294 g/mol. The van der Waals surface area contributed by atoms with Crippen LogP contribution in [0.4, 0.5) is 14.5 Å². The third-order valence-corrected chi connectivity index (χ3v) is 2.81. The summed E-state index contributed by atoms with van der Waals surface area (Å²) < 4.78 is 26.3. The third kappa shape index (κ3) is 2.31. The number of aromatic nitrogens is 2. The molecule has 0 fully saturated rings. The lowest BCUT2D eigenvalue weighted by molar-refractivity contribution is -0.384. The van der Waals surface area contributed by atoms with Crippen molar-refractivity contribution in [3.63, 3.8) is 0 Å². The molecule has 0 aliphatic carbocycles. The van der Waals surface area contributed by atoms with Gasteiger partial charge in [-0.1, -0.05) is 17.7 Å². The van der Waals surface area contributed by atoms with E-state index in [0.717, 1.165) is 10.7 Å².